The highest BCUT2D eigenvalue weighted by atomic mass is 35.7. The molecule has 0 spiro atoms. The van der Waals surface area contributed by atoms with Gasteiger partial charge in [-0.2, -0.15) is 0 Å². The largest absolute Gasteiger partial charge is 0.264 e. The van der Waals surface area contributed by atoms with Gasteiger partial charge in [0.2, 0.25) is 0 Å². The van der Waals surface area contributed by atoms with Gasteiger partial charge in [-0.1, -0.05) is 6.07 Å². The summed E-state index contributed by atoms with van der Waals surface area (Å²) >= 11 is 0. The molecule has 0 aliphatic rings. The Balaban J connectivity index is 3.34. The summed E-state index contributed by atoms with van der Waals surface area (Å²) < 4.78 is 46.4. The molecule has 78 valence electrons. The molecule has 0 N–H and O–H groups in total. The van der Waals surface area contributed by atoms with E-state index in [9.17, 15) is 17.2 Å². The molecule has 1 aromatic rings. The maximum Gasteiger partial charge on any atom is 0.264 e. The van der Waals surface area contributed by atoms with Crippen molar-refractivity contribution in [1.29, 1.82) is 0 Å². The Bertz CT molecular complexity index is 443. The van der Waals surface area contributed by atoms with Crippen molar-refractivity contribution in [3.8, 4) is 0 Å². The Kier molecular flexibility index (Phi) is 3.11. The summed E-state index contributed by atoms with van der Waals surface area (Å²) in [4.78, 5) is -0.305. The molecule has 0 saturated heterocycles. The van der Waals surface area contributed by atoms with E-state index in [2.05, 4.69) is 0 Å². The minimum Gasteiger partial charge on any atom is -0.207 e. The van der Waals surface area contributed by atoms with Gasteiger partial charge in [0.1, 0.15) is 0 Å². The summed E-state index contributed by atoms with van der Waals surface area (Å²) in [7, 11) is 1.08. The molecule has 6 heteroatoms. The first-order chi connectivity index (χ1) is 6.32. The van der Waals surface area contributed by atoms with Crippen LogP contribution in [0.4, 0.5) is 8.78 Å². The molecule has 2 nitrogen and oxygen atoms in total. The van der Waals surface area contributed by atoms with E-state index in [1.807, 2.05) is 0 Å². The Morgan fingerprint density at radius 3 is 2.36 bits per heavy atom. The lowest BCUT2D eigenvalue weighted by Gasteiger charge is -2.05. The molecule has 14 heavy (non-hydrogen) atoms. The van der Waals surface area contributed by atoms with Crippen LogP contribution in [-0.4, -0.2) is 8.42 Å². The summed E-state index contributed by atoms with van der Waals surface area (Å²) in [6.07, 6.45) is -2.70. The number of hydrogen-bond acceptors (Lipinski definition) is 2. The second-order valence-electron chi connectivity index (χ2n) is 2.76. The zero-order valence-electron chi connectivity index (χ0n) is 7.17. The number of benzene rings is 1. The predicted octanol–water partition coefficient (Wildman–Crippen LogP) is 2.86. The summed E-state index contributed by atoms with van der Waals surface area (Å²) in [5, 5.41) is 0. The minimum atomic E-state index is -3.94. The van der Waals surface area contributed by atoms with Crippen LogP contribution in [0.1, 0.15) is 17.6 Å². The molecule has 0 saturated carbocycles. The lowest BCUT2D eigenvalue weighted by atomic mass is 10.1. The molecule has 1 aromatic carbocycles. The lowest BCUT2D eigenvalue weighted by Crippen LogP contribution is -1.95. The number of halogens is 3. The SMILES string of the molecule is Cc1ccc(S(=O)(=O)Cl)cc1C(F)F. The smallest absolute Gasteiger partial charge is 0.207 e. The second-order valence-corrected chi connectivity index (χ2v) is 5.32. The van der Waals surface area contributed by atoms with Crippen LogP contribution in [0, 0.1) is 6.92 Å². The van der Waals surface area contributed by atoms with Gasteiger partial charge in [0.15, 0.2) is 0 Å². The highest BCUT2D eigenvalue weighted by Gasteiger charge is 2.16. The van der Waals surface area contributed by atoms with Gasteiger partial charge in [-0.15, -0.1) is 0 Å². The van der Waals surface area contributed by atoms with E-state index in [0.29, 0.717) is 5.56 Å². The Labute approximate surface area is 84.9 Å². The third-order valence-corrected chi connectivity index (χ3v) is 3.12. The second kappa shape index (κ2) is 3.82. The van der Waals surface area contributed by atoms with Crippen molar-refractivity contribution >= 4 is 19.7 Å². The predicted molar refractivity (Wildman–Crippen MR) is 49.2 cm³/mol. The molecule has 0 aliphatic heterocycles. The van der Waals surface area contributed by atoms with E-state index in [1.165, 1.54) is 19.1 Å². The van der Waals surface area contributed by atoms with Gasteiger partial charge in [-0.05, 0) is 24.6 Å². The normalized spacial score (nSPS) is 12.1. The van der Waals surface area contributed by atoms with Gasteiger partial charge in [0.25, 0.3) is 15.5 Å². The molecule has 0 radical (unpaired) electrons. The van der Waals surface area contributed by atoms with Crippen LogP contribution >= 0.6 is 10.7 Å². The monoisotopic (exact) mass is 240 g/mol. The fraction of sp³-hybridized carbons (Fsp3) is 0.250. The summed E-state index contributed by atoms with van der Waals surface area (Å²) in [5.74, 6) is 0. The summed E-state index contributed by atoms with van der Waals surface area (Å²) in [5.41, 5.74) is 0.0239. The number of alkyl halides is 2. The van der Waals surface area contributed by atoms with Crippen LogP contribution in [-0.2, 0) is 9.05 Å². The van der Waals surface area contributed by atoms with Crippen LogP contribution in [0.5, 0.6) is 0 Å². The average molecular weight is 241 g/mol. The third kappa shape index (κ3) is 2.42. The first kappa shape index (κ1) is 11.4. The number of aryl methyl sites for hydroxylation is 1. The van der Waals surface area contributed by atoms with E-state index in [-0.39, 0.29) is 10.5 Å². The van der Waals surface area contributed by atoms with Gasteiger partial charge in [0.05, 0.1) is 4.90 Å². The third-order valence-electron chi connectivity index (χ3n) is 1.77. The maximum atomic E-state index is 12.4. The Morgan fingerprint density at radius 1 is 1.36 bits per heavy atom. The summed E-state index contributed by atoms with van der Waals surface area (Å²) in [6, 6.07) is 3.39. The maximum absolute atomic E-state index is 12.4. The average Bonchev–Trinajstić information content (AvgIpc) is 2.02. The van der Waals surface area contributed by atoms with Crippen LogP contribution in [0.2, 0.25) is 0 Å². The molecule has 0 heterocycles. The van der Waals surface area contributed by atoms with Gasteiger partial charge in [0, 0.05) is 16.2 Å². The van der Waals surface area contributed by atoms with E-state index in [4.69, 9.17) is 10.7 Å². The van der Waals surface area contributed by atoms with Crippen molar-refractivity contribution in [2.75, 3.05) is 0 Å². The molecule has 0 aliphatic carbocycles. The Hall–Kier alpha value is -0.680. The molecule has 0 unspecified atom stereocenters. The molecule has 0 aromatic heterocycles. The van der Waals surface area contributed by atoms with Crippen molar-refractivity contribution in [3.63, 3.8) is 0 Å². The number of rotatable bonds is 2. The van der Waals surface area contributed by atoms with Crippen LogP contribution in [0.15, 0.2) is 23.1 Å². The quantitative estimate of drug-likeness (QED) is 0.745. The van der Waals surface area contributed by atoms with E-state index in [0.717, 1.165) is 6.07 Å². The highest BCUT2D eigenvalue weighted by molar-refractivity contribution is 8.13. The first-order valence-electron chi connectivity index (χ1n) is 3.65. The van der Waals surface area contributed by atoms with E-state index < -0.39 is 15.5 Å². The molecule has 0 bridgehead atoms. The van der Waals surface area contributed by atoms with Crippen molar-refractivity contribution in [3.05, 3.63) is 29.3 Å². The van der Waals surface area contributed by atoms with Crippen molar-refractivity contribution in [1.82, 2.24) is 0 Å². The van der Waals surface area contributed by atoms with E-state index >= 15 is 0 Å². The Morgan fingerprint density at radius 2 is 1.93 bits per heavy atom. The van der Waals surface area contributed by atoms with Gasteiger partial charge >= 0.3 is 0 Å². The van der Waals surface area contributed by atoms with Crippen LogP contribution in [0.3, 0.4) is 0 Å². The van der Waals surface area contributed by atoms with Crippen molar-refractivity contribution in [2.45, 2.75) is 18.2 Å². The van der Waals surface area contributed by atoms with Crippen LogP contribution < -0.4 is 0 Å². The first-order valence-corrected chi connectivity index (χ1v) is 5.96. The standard InChI is InChI=1S/C8H7ClF2O2S/c1-5-2-3-6(14(9,12)13)4-7(5)8(10)11/h2-4,8H,1H3. The van der Waals surface area contributed by atoms with E-state index in [1.54, 1.807) is 0 Å². The van der Waals surface area contributed by atoms with Crippen LogP contribution in [0.25, 0.3) is 0 Å². The van der Waals surface area contributed by atoms with Crippen molar-refractivity contribution < 1.29 is 17.2 Å². The van der Waals surface area contributed by atoms with Gasteiger partial charge in [-0.25, -0.2) is 17.2 Å². The summed E-state index contributed by atoms with van der Waals surface area (Å²) in [6.45, 7) is 1.48. The molecule has 0 fully saturated rings. The zero-order valence-corrected chi connectivity index (χ0v) is 8.74. The highest BCUT2D eigenvalue weighted by Crippen LogP contribution is 2.26. The fourth-order valence-corrected chi connectivity index (χ4v) is 1.79. The lowest BCUT2D eigenvalue weighted by molar-refractivity contribution is 0.150. The van der Waals surface area contributed by atoms with Gasteiger partial charge in [-0.3, -0.25) is 0 Å². The molecular formula is C8H7ClF2O2S. The molecule has 1 rings (SSSR count). The molecule has 0 amide bonds. The zero-order chi connectivity index (χ0) is 10.9. The fourth-order valence-electron chi connectivity index (χ4n) is 1.01. The van der Waals surface area contributed by atoms with Gasteiger partial charge < -0.3 is 0 Å². The molecular weight excluding hydrogens is 234 g/mol. The molecule has 0 atom stereocenters. The number of hydrogen-bond donors (Lipinski definition) is 0. The minimum absolute atomic E-state index is 0.305. The van der Waals surface area contributed by atoms with Crippen molar-refractivity contribution in [2.24, 2.45) is 0 Å². The topological polar surface area (TPSA) is 34.1 Å².